The number of carbonyl (C=O) groups excluding carboxylic acids is 1. The van der Waals surface area contributed by atoms with Crippen molar-refractivity contribution in [2.24, 2.45) is 0 Å². The molecule has 0 unspecified atom stereocenters. The normalized spacial score (nSPS) is 9.50. The fourth-order valence-corrected chi connectivity index (χ4v) is 1.43. The van der Waals surface area contributed by atoms with Crippen molar-refractivity contribution < 1.29 is 14.6 Å². The lowest BCUT2D eigenvalue weighted by atomic mass is 10.1. The summed E-state index contributed by atoms with van der Waals surface area (Å²) in [6.07, 6.45) is 0.335. The number of hydrogen-bond donors (Lipinski definition) is 2. The molecule has 18 heavy (non-hydrogen) atoms. The van der Waals surface area contributed by atoms with E-state index in [1.807, 2.05) is 19.1 Å². The zero-order valence-corrected chi connectivity index (χ0v) is 10.6. The van der Waals surface area contributed by atoms with E-state index in [4.69, 9.17) is 9.84 Å². The molecule has 0 fully saturated rings. The lowest BCUT2D eigenvalue weighted by molar-refractivity contribution is -0.117. The van der Waals surface area contributed by atoms with Gasteiger partial charge in [0.1, 0.15) is 6.61 Å². The lowest BCUT2D eigenvalue weighted by Crippen LogP contribution is -2.14. The van der Waals surface area contributed by atoms with Crippen LogP contribution in [0.15, 0.2) is 18.2 Å². The molecule has 0 aliphatic heterocycles. The van der Waals surface area contributed by atoms with Crippen molar-refractivity contribution in [3.05, 3.63) is 29.3 Å². The van der Waals surface area contributed by atoms with E-state index in [0.717, 1.165) is 16.8 Å². The molecule has 1 amide bonds. The highest BCUT2D eigenvalue weighted by molar-refractivity contribution is 5.91. The van der Waals surface area contributed by atoms with E-state index >= 15 is 0 Å². The molecule has 4 nitrogen and oxygen atoms in total. The van der Waals surface area contributed by atoms with Gasteiger partial charge < -0.3 is 15.2 Å². The van der Waals surface area contributed by atoms with Gasteiger partial charge in [-0.05, 0) is 30.7 Å². The van der Waals surface area contributed by atoms with Crippen molar-refractivity contribution in [1.82, 2.24) is 0 Å². The van der Waals surface area contributed by atoms with Crippen LogP contribution in [0.1, 0.15) is 17.5 Å². The van der Waals surface area contributed by atoms with Crippen LogP contribution in [0.3, 0.4) is 0 Å². The summed E-state index contributed by atoms with van der Waals surface area (Å²) < 4.78 is 4.84. The van der Waals surface area contributed by atoms with Crippen molar-refractivity contribution in [3.63, 3.8) is 0 Å². The molecule has 0 aliphatic rings. The molecule has 0 heterocycles. The third-order valence-electron chi connectivity index (χ3n) is 2.35. The quantitative estimate of drug-likeness (QED) is 0.789. The molecule has 0 aliphatic carbocycles. The first kappa shape index (κ1) is 14.2. The number of rotatable bonds is 4. The summed E-state index contributed by atoms with van der Waals surface area (Å²) in [5.74, 6) is 5.32. The van der Waals surface area contributed by atoms with Crippen molar-refractivity contribution in [2.45, 2.75) is 13.3 Å². The average molecular weight is 247 g/mol. The van der Waals surface area contributed by atoms with Gasteiger partial charge in [0.25, 0.3) is 0 Å². The Labute approximate surface area is 107 Å². The molecule has 0 saturated carbocycles. The Morgan fingerprint density at radius 2 is 2.28 bits per heavy atom. The second kappa shape index (κ2) is 7.49. The van der Waals surface area contributed by atoms with Crippen LogP contribution in [0.4, 0.5) is 5.69 Å². The maximum atomic E-state index is 11.5. The molecule has 1 aromatic rings. The largest absolute Gasteiger partial charge is 0.384 e. The first-order valence-corrected chi connectivity index (χ1v) is 5.66. The van der Waals surface area contributed by atoms with Gasteiger partial charge in [0, 0.05) is 18.4 Å². The number of amides is 1. The fourth-order valence-electron chi connectivity index (χ4n) is 1.43. The maximum absolute atomic E-state index is 11.5. The number of aryl methyl sites for hydroxylation is 1. The van der Waals surface area contributed by atoms with Crippen LogP contribution < -0.4 is 5.32 Å². The molecule has 0 bridgehead atoms. The smallest absolute Gasteiger partial charge is 0.226 e. The second-order valence-electron chi connectivity index (χ2n) is 3.78. The monoisotopic (exact) mass is 247 g/mol. The fraction of sp³-hybridized carbons (Fsp3) is 0.357. The third kappa shape index (κ3) is 4.58. The maximum Gasteiger partial charge on any atom is 0.226 e. The van der Waals surface area contributed by atoms with Crippen molar-refractivity contribution >= 4 is 11.6 Å². The van der Waals surface area contributed by atoms with Gasteiger partial charge in [-0.1, -0.05) is 11.8 Å². The second-order valence-corrected chi connectivity index (χ2v) is 3.78. The van der Waals surface area contributed by atoms with Crippen LogP contribution in [-0.2, 0) is 9.53 Å². The van der Waals surface area contributed by atoms with Gasteiger partial charge in [-0.25, -0.2) is 0 Å². The van der Waals surface area contributed by atoms with Gasteiger partial charge in [0.05, 0.1) is 13.0 Å². The number of carbonyl (C=O) groups is 1. The predicted molar refractivity (Wildman–Crippen MR) is 70.3 cm³/mol. The Balaban J connectivity index is 2.70. The Morgan fingerprint density at radius 3 is 2.89 bits per heavy atom. The van der Waals surface area contributed by atoms with E-state index in [1.165, 1.54) is 0 Å². The number of ether oxygens (including phenoxy) is 1. The number of hydrogen-bond acceptors (Lipinski definition) is 3. The molecule has 0 saturated heterocycles. The van der Waals surface area contributed by atoms with Gasteiger partial charge in [-0.3, -0.25) is 4.79 Å². The summed E-state index contributed by atoms with van der Waals surface area (Å²) >= 11 is 0. The van der Waals surface area contributed by atoms with E-state index in [0.29, 0.717) is 13.0 Å². The number of anilines is 1. The van der Waals surface area contributed by atoms with Crippen LogP contribution >= 0.6 is 0 Å². The molecule has 0 spiro atoms. The van der Waals surface area contributed by atoms with Gasteiger partial charge in [-0.2, -0.15) is 0 Å². The Kier molecular flexibility index (Phi) is 5.92. The van der Waals surface area contributed by atoms with E-state index in [2.05, 4.69) is 17.2 Å². The van der Waals surface area contributed by atoms with Crippen molar-refractivity contribution in [3.8, 4) is 11.8 Å². The van der Waals surface area contributed by atoms with Gasteiger partial charge in [0.2, 0.25) is 5.91 Å². The standard InChI is InChI=1S/C14H17NO3/c1-11-10-12(4-3-8-16)5-6-13(11)15-14(17)7-9-18-2/h5-6,10,16H,7-9H2,1-2H3,(H,15,17). The van der Waals surface area contributed by atoms with Crippen LogP contribution in [0.25, 0.3) is 0 Å². The first-order valence-electron chi connectivity index (χ1n) is 5.66. The van der Waals surface area contributed by atoms with E-state index in [1.54, 1.807) is 13.2 Å². The SMILES string of the molecule is COCCC(=O)Nc1ccc(C#CCO)cc1C. The van der Waals surface area contributed by atoms with Crippen LogP contribution in [0.5, 0.6) is 0 Å². The van der Waals surface area contributed by atoms with E-state index in [-0.39, 0.29) is 12.5 Å². The lowest BCUT2D eigenvalue weighted by Gasteiger charge is -2.08. The summed E-state index contributed by atoms with van der Waals surface area (Å²) in [7, 11) is 1.56. The molecule has 1 aromatic carbocycles. The Bertz CT molecular complexity index is 472. The summed E-state index contributed by atoms with van der Waals surface area (Å²) in [5, 5.41) is 11.4. The number of aliphatic hydroxyl groups excluding tert-OH is 1. The van der Waals surface area contributed by atoms with Crippen molar-refractivity contribution in [1.29, 1.82) is 0 Å². The van der Waals surface area contributed by atoms with Gasteiger partial charge >= 0.3 is 0 Å². The molecule has 0 radical (unpaired) electrons. The number of nitrogens with one attached hydrogen (secondary N) is 1. The Morgan fingerprint density at radius 1 is 1.50 bits per heavy atom. The van der Waals surface area contributed by atoms with Gasteiger partial charge in [-0.15, -0.1) is 0 Å². The van der Waals surface area contributed by atoms with Gasteiger partial charge in [0.15, 0.2) is 0 Å². The molecule has 0 aromatic heterocycles. The Hall–Kier alpha value is -1.83. The highest BCUT2D eigenvalue weighted by atomic mass is 16.5. The summed E-state index contributed by atoms with van der Waals surface area (Å²) in [6.45, 7) is 2.15. The zero-order chi connectivity index (χ0) is 13.4. The van der Waals surface area contributed by atoms with E-state index < -0.39 is 0 Å². The van der Waals surface area contributed by atoms with E-state index in [9.17, 15) is 4.79 Å². The molecule has 96 valence electrons. The van der Waals surface area contributed by atoms with Crippen LogP contribution in [0, 0.1) is 18.8 Å². The molecular formula is C14H17NO3. The molecule has 2 N–H and O–H groups in total. The minimum Gasteiger partial charge on any atom is -0.384 e. The minimum atomic E-state index is -0.158. The number of aliphatic hydroxyl groups is 1. The minimum absolute atomic E-state index is 0.0749. The van der Waals surface area contributed by atoms with Crippen LogP contribution in [0.2, 0.25) is 0 Å². The molecule has 1 rings (SSSR count). The number of benzene rings is 1. The topological polar surface area (TPSA) is 58.6 Å². The highest BCUT2D eigenvalue weighted by Crippen LogP contribution is 2.16. The number of methoxy groups -OCH3 is 1. The molecule has 0 atom stereocenters. The summed E-state index contributed by atoms with van der Waals surface area (Å²) in [5.41, 5.74) is 2.52. The summed E-state index contributed by atoms with van der Waals surface area (Å²) in [4.78, 5) is 11.5. The van der Waals surface area contributed by atoms with Crippen LogP contribution in [-0.4, -0.2) is 31.3 Å². The third-order valence-corrected chi connectivity index (χ3v) is 2.35. The molecule has 4 heteroatoms. The predicted octanol–water partition coefficient (Wildman–Crippen LogP) is 1.31. The first-order chi connectivity index (χ1) is 8.67. The zero-order valence-electron chi connectivity index (χ0n) is 10.6. The van der Waals surface area contributed by atoms with Crippen molar-refractivity contribution in [2.75, 3.05) is 25.6 Å². The highest BCUT2D eigenvalue weighted by Gasteiger charge is 2.04. The summed E-state index contributed by atoms with van der Waals surface area (Å²) in [6, 6.07) is 5.48. The average Bonchev–Trinajstić information content (AvgIpc) is 2.36. The molecular weight excluding hydrogens is 230 g/mol.